The number of fused-ring (bicyclic) bond motifs is 3. The first-order valence-electron chi connectivity index (χ1n) is 13.2. The van der Waals surface area contributed by atoms with E-state index in [0.29, 0.717) is 24.2 Å². The Morgan fingerprint density at radius 3 is 2.83 bits per heavy atom. The van der Waals surface area contributed by atoms with Crippen LogP contribution < -0.4 is 15.4 Å². The first-order chi connectivity index (χ1) is 19.7. The lowest BCUT2D eigenvalue weighted by Gasteiger charge is -2.37. The summed E-state index contributed by atoms with van der Waals surface area (Å²) in [6.07, 6.45) is 0.577. The predicted octanol–water partition coefficient (Wildman–Crippen LogP) is 5.03. The second-order valence-electron chi connectivity index (χ2n) is 10.9. The van der Waals surface area contributed by atoms with Crippen molar-refractivity contribution in [3.8, 4) is 23.2 Å². The molecule has 2 aromatic heterocycles. The fourth-order valence-electron chi connectivity index (χ4n) is 6.50. The monoisotopic (exact) mass is 600 g/mol. The average Bonchev–Trinajstić information content (AvgIpc) is 3.56. The van der Waals surface area contributed by atoms with Crippen LogP contribution in [-0.4, -0.2) is 70.6 Å². The molecule has 3 aliphatic rings. The summed E-state index contributed by atoms with van der Waals surface area (Å²) >= 11 is 7.58. The van der Waals surface area contributed by atoms with E-state index < -0.39 is 29.4 Å². The van der Waals surface area contributed by atoms with E-state index >= 15 is 4.39 Å². The summed E-state index contributed by atoms with van der Waals surface area (Å²) in [5.41, 5.74) is 5.64. The van der Waals surface area contributed by atoms with E-state index in [-0.39, 0.29) is 68.0 Å². The minimum absolute atomic E-state index is 0.0107. The third-order valence-corrected chi connectivity index (χ3v) is 9.76. The van der Waals surface area contributed by atoms with Gasteiger partial charge in [-0.2, -0.15) is 15.2 Å². The molecule has 41 heavy (non-hydrogen) atoms. The van der Waals surface area contributed by atoms with E-state index in [2.05, 4.69) is 14.9 Å². The molecule has 212 valence electrons. The first-order valence-corrected chi connectivity index (χ1v) is 14.4. The fraction of sp³-hybridized carbons (Fsp3) is 0.393. The highest BCUT2D eigenvalue weighted by Gasteiger charge is 2.49. The van der Waals surface area contributed by atoms with Gasteiger partial charge in [0.05, 0.1) is 26.9 Å². The van der Waals surface area contributed by atoms with Crippen LogP contribution in [-0.2, 0) is 0 Å². The number of alkyl halides is 1. The predicted molar refractivity (Wildman–Crippen MR) is 151 cm³/mol. The van der Waals surface area contributed by atoms with Gasteiger partial charge in [0.25, 0.3) is 0 Å². The van der Waals surface area contributed by atoms with Crippen molar-refractivity contribution < 1.29 is 23.0 Å². The number of halogens is 4. The first kappa shape index (κ1) is 26.5. The Labute approximate surface area is 241 Å². The summed E-state index contributed by atoms with van der Waals surface area (Å²) in [4.78, 5) is 12.9. The largest absolute Gasteiger partial charge is 0.461 e. The molecule has 13 heteroatoms. The number of aromatic nitrogens is 2. The van der Waals surface area contributed by atoms with E-state index in [9.17, 15) is 19.1 Å². The maximum Gasteiger partial charge on any atom is 0.319 e. The topological polar surface area (TPSA) is 112 Å². The van der Waals surface area contributed by atoms with Crippen LogP contribution in [0.1, 0.15) is 24.8 Å². The van der Waals surface area contributed by atoms with Crippen LogP contribution in [0.25, 0.3) is 32.1 Å². The Morgan fingerprint density at radius 1 is 1.27 bits per heavy atom. The average molecular weight is 601 g/mol. The summed E-state index contributed by atoms with van der Waals surface area (Å²) in [5.74, 6) is -1.03. The van der Waals surface area contributed by atoms with Gasteiger partial charge in [-0.3, -0.25) is 4.90 Å². The van der Waals surface area contributed by atoms with Gasteiger partial charge in [0.1, 0.15) is 41.0 Å². The summed E-state index contributed by atoms with van der Waals surface area (Å²) in [7, 11) is 0. The van der Waals surface area contributed by atoms with E-state index in [1.807, 2.05) is 6.07 Å². The van der Waals surface area contributed by atoms with Gasteiger partial charge < -0.3 is 20.5 Å². The van der Waals surface area contributed by atoms with Crippen molar-refractivity contribution in [2.75, 3.05) is 43.4 Å². The molecule has 3 saturated heterocycles. The molecule has 0 unspecified atom stereocenters. The molecule has 3 N–H and O–H groups in total. The maximum atomic E-state index is 16.6. The number of nitrogens with zero attached hydrogens (tertiary/aromatic N) is 5. The molecule has 7 rings (SSSR count). The van der Waals surface area contributed by atoms with Gasteiger partial charge in [-0.25, -0.2) is 13.2 Å². The number of thiophene rings is 1. The molecule has 0 spiro atoms. The number of nitrogen functional groups attached to an aromatic ring is 1. The normalized spacial score (nSPS) is 22.8. The van der Waals surface area contributed by atoms with E-state index in [1.165, 1.54) is 18.2 Å². The molecule has 0 aliphatic carbocycles. The molecule has 0 saturated carbocycles. The van der Waals surface area contributed by atoms with Crippen molar-refractivity contribution in [2.24, 2.45) is 0 Å². The number of rotatable bonds is 5. The second-order valence-corrected chi connectivity index (χ2v) is 12.4. The van der Waals surface area contributed by atoms with Crippen LogP contribution in [0.5, 0.6) is 6.01 Å². The molecule has 2 atom stereocenters. The molecule has 3 fully saturated rings. The lowest BCUT2D eigenvalue weighted by atomic mass is 9.95. The van der Waals surface area contributed by atoms with Crippen molar-refractivity contribution >= 4 is 54.7 Å². The molecule has 5 heterocycles. The highest BCUT2D eigenvalue weighted by molar-refractivity contribution is 7.23. The number of hydrogen-bond donors (Lipinski definition) is 2. The van der Waals surface area contributed by atoms with Crippen LogP contribution in [0.4, 0.5) is 24.0 Å². The van der Waals surface area contributed by atoms with Gasteiger partial charge in [-0.15, -0.1) is 11.3 Å². The minimum Gasteiger partial charge on any atom is -0.461 e. The molecule has 4 aromatic rings. The number of nitrogens with two attached hydrogens (primary N) is 1. The zero-order chi connectivity index (χ0) is 28.6. The highest BCUT2D eigenvalue weighted by atomic mass is 35.5. The standard InChI is InChI=1S/C28H24ClF3N6O2S/c29-18-6-16-23(22(32)21(18)15-2-3-19(31)24-20(15)17(8-33)25(34)41-24)35-27(36-26(16)37-10-14(39)11-37)40-12-28-4-1-5-38(28)9-13(30)7-28/h2-3,6,13-14,39H,1,4-5,7,9-12,34H2/t13-,28+/m1/s1. The second kappa shape index (κ2) is 9.59. The van der Waals surface area contributed by atoms with Crippen molar-refractivity contribution in [3.63, 3.8) is 0 Å². The van der Waals surface area contributed by atoms with Gasteiger partial charge >= 0.3 is 6.01 Å². The highest BCUT2D eigenvalue weighted by Crippen LogP contribution is 2.46. The van der Waals surface area contributed by atoms with Crippen LogP contribution >= 0.6 is 22.9 Å². The molecule has 0 amide bonds. The number of aliphatic hydroxyl groups is 1. The molecule has 3 aliphatic heterocycles. The number of ether oxygens (including phenoxy) is 1. The van der Waals surface area contributed by atoms with Crippen molar-refractivity contribution in [3.05, 3.63) is 40.4 Å². The van der Waals surface area contributed by atoms with Crippen LogP contribution in [0.15, 0.2) is 18.2 Å². The number of benzene rings is 2. The van der Waals surface area contributed by atoms with Crippen molar-refractivity contribution in [1.29, 1.82) is 5.26 Å². The Morgan fingerprint density at radius 2 is 2.07 bits per heavy atom. The number of anilines is 2. The number of β-amino-alcohol motifs (C(OH)–C–C–N with tert-alkyl or cyclic N) is 1. The van der Waals surface area contributed by atoms with Crippen molar-refractivity contribution in [2.45, 2.75) is 37.1 Å². The quantitative estimate of drug-likeness (QED) is 0.328. The van der Waals surface area contributed by atoms with Crippen molar-refractivity contribution in [1.82, 2.24) is 14.9 Å². The smallest absolute Gasteiger partial charge is 0.319 e. The molecule has 2 aromatic carbocycles. The summed E-state index contributed by atoms with van der Waals surface area (Å²) in [5, 5.41) is 20.3. The molecular formula is C28H24ClF3N6O2S. The Balaban J connectivity index is 1.38. The maximum absolute atomic E-state index is 16.6. The zero-order valence-corrected chi connectivity index (χ0v) is 23.2. The summed E-state index contributed by atoms with van der Waals surface area (Å²) in [6, 6.07) is 6.00. The molecule has 0 radical (unpaired) electrons. The van der Waals surface area contributed by atoms with E-state index in [0.717, 1.165) is 30.7 Å². The SMILES string of the molecule is N#Cc1c(N)sc2c(F)ccc(-c3c(Cl)cc4c(N5CC(O)C5)nc(OC[C@@]56CCCN5C[C@H](F)C6)nc4c3F)c12. The van der Waals surface area contributed by atoms with E-state index in [1.54, 1.807) is 4.90 Å². The number of nitriles is 1. The van der Waals surface area contributed by atoms with Crippen LogP contribution in [0, 0.1) is 23.0 Å². The Bertz CT molecular complexity index is 1770. The lowest BCUT2D eigenvalue weighted by molar-refractivity contribution is 0.107. The van der Waals surface area contributed by atoms with Crippen LogP contribution in [0.3, 0.4) is 0 Å². The fourth-order valence-corrected chi connectivity index (χ4v) is 7.74. The molecule has 8 nitrogen and oxygen atoms in total. The third kappa shape index (κ3) is 4.09. The Hall–Kier alpha value is -3.37. The Kier molecular flexibility index (Phi) is 6.20. The zero-order valence-electron chi connectivity index (χ0n) is 21.6. The van der Waals surface area contributed by atoms with Gasteiger partial charge in [0.2, 0.25) is 0 Å². The van der Waals surface area contributed by atoms with Gasteiger partial charge in [0, 0.05) is 42.4 Å². The summed E-state index contributed by atoms with van der Waals surface area (Å²) in [6.45, 7) is 1.87. The van der Waals surface area contributed by atoms with Gasteiger partial charge in [-0.05, 0) is 37.1 Å². The number of aliphatic hydroxyl groups excluding tert-OH is 1. The molecule has 0 bridgehead atoms. The van der Waals surface area contributed by atoms with E-state index in [4.69, 9.17) is 22.1 Å². The van der Waals surface area contributed by atoms with Gasteiger partial charge in [0.15, 0.2) is 5.82 Å². The van der Waals surface area contributed by atoms with Crippen LogP contribution in [0.2, 0.25) is 5.02 Å². The lowest BCUT2D eigenvalue weighted by Crippen LogP contribution is -2.51. The summed E-state index contributed by atoms with van der Waals surface area (Å²) < 4.78 is 51.7. The third-order valence-electron chi connectivity index (χ3n) is 8.43. The minimum atomic E-state index is -0.936. The van der Waals surface area contributed by atoms with Gasteiger partial charge in [-0.1, -0.05) is 17.7 Å². The molecular weight excluding hydrogens is 577 g/mol. The number of hydrogen-bond acceptors (Lipinski definition) is 9.